The van der Waals surface area contributed by atoms with E-state index < -0.39 is 0 Å². The van der Waals surface area contributed by atoms with Gasteiger partial charge in [0.1, 0.15) is 11.5 Å². The van der Waals surface area contributed by atoms with Gasteiger partial charge in [-0.05, 0) is 42.2 Å². The monoisotopic (exact) mass is 432 g/mol. The summed E-state index contributed by atoms with van der Waals surface area (Å²) in [4.78, 5) is 11.0. The van der Waals surface area contributed by atoms with E-state index in [0.717, 1.165) is 36.2 Å². The molecule has 0 spiro atoms. The van der Waals surface area contributed by atoms with Crippen molar-refractivity contribution in [3.8, 4) is 11.5 Å². The van der Waals surface area contributed by atoms with Crippen molar-refractivity contribution in [3.63, 3.8) is 0 Å². The molecule has 31 heavy (non-hydrogen) atoms. The van der Waals surface area contributed by atoms with E-state index in [1.54, 1.807) is 19.2 Å². The quantitative estimate of drug-likeness (QED) is 0.219. The molecular weight excluding hydrogens is 384 g/mol. The first-order chi connectivity index (χ1) is 14.8. The Morgan fingerprint density at radius 3 is 1.77 bits per heavy atom. The third-order valence-electron chi connectivity index (χ3n) is 6.48. The number of hydrogen-bond acceptors (Lipinski definition) is 3. The number of methoxy groups -OCH3 is 1. The maximum atomic E-state index is 11.0. The van der Waals surface area contributed by atoms with Gasteiger partial charge in [0.25, 0.3) is 0 Å². The van der Waals surface area contributed by atoms with Crippen molar-refractivity contribution in [2.24, 2.45) is 23.7 Å². The summed E-state index contributed by atoms with van der Waals surface area (Å²) in [5.41, 5.74) is 0.554. The minimum Gasteiger partial charge on any atom is -0.496 e. The third kappa shape index (κ3) is 12.8. The lowest BCUT2D eigenvalue weighted by Crippen LogP contribution is -2.06. The van der Waals surface area contributed by atoms with Gasteiger partial charge in [-0.25, -0.2) is 0 Å². The second-order valence-corrected chi connectivity index (χ2v) is 10.2. The molecule has 1 rings (SSSR count). The molecule has 0 aliphatic rings. The van der Waals surface area contributed by atoms with Gasteiger partial charge in [0.2, 0.25) is 0 Å². The summed E-state index contributed by atoms with van der Waals surface area (Å²) in [6.45, 7) is 12.5. The maximum absolute atomic E-state index is 11.0. The van der Waals surface area contributed by atoms with E-state index in [4.69, 9.17) is 9.47 Å². The minimum absolute atomic E-state index is 0.554. The summed E-state index contributed by atoms with van der Waals surface area (Å²) in [7, 11) is 1.57. The Kier molecular flexibility index (Phi) is 14.4. The minimum atomic E-state index is 0.554. The summed E-state index contributed by atoms with van der Waals surface area (Å²) >= 11 is 0. The van der Waals surface area contributed by atoms with Crippen LogP contribution >= 0.6 is 0 Å². The zero-order valence-corrected chi connectivity index (χ0v) is 21.1. The van der Waals surface area contributed by atoms with Crippen molar-refractivity contribution in [2.75, 3.05) is 13.7 Å². The number of carbonyl (C=O) groups excluding carboxylic acids is 1. The molecule has 0 radical (unpaired) electrons. The van der Waals surface area contributed by atoms with Gasteiger partial charge in [-0.2, -0.15) is 0 Å². The third-order valence-corrected chi connectivity index (χ3v) is 6.48. The van der Waals surface area contributed by atoms with Crippen LogP contribution in [0, 0.1) is 23.7 Å². The molecule has 0 saturated heterocycles. The number of benzene rings is 1. The summed E-state index contributed by atoms with van der Waals surface area (Å²) < 4.78 is 11.1. The first kappa shape index (κ1) is 27.5. The van der Waals surface area contributed by atoms with Crippen molar-refractivity contribution in [3.05, 3.63) is 23.8 Å². The fraction of sp³-hybridized carbons (Fsp3) is 0.750. The summed E-state index contributed by atoms with van der Waals surface area (Å²) in [5, 5.41) is 0. The molecule has 0 saturated carbocycles. The molecule has 1 aromatic rings. The van der Waals surface area contributed by atoms with Crippen LogP contribution in [-0.2, 0) is 0 Å². The summed E-state index contributed by atoms with van der Waals surface area (Å²) in [6.07, 6.45) is 14.1. The maximum Gasteiger partial charge on any atom is 0.153 e. The molecule has 0 amide bonds. The molecule has 0 N–H and O–H groups in total. The Balaban J connectivity index is 2.10. The zero-order valence-electron chi connectivity index (χ0n) is 21.1. The standard InChI is InChI=1S/C28H48O3/c1-22(2)10-7-11-23(3)12-8-13-24(4)14-9-15-25(5)18-19-31-27-17-16-26(21-29)28(20-27)30-6/h16-17,20-25H,7-15,18-19H2,1-6H3. The second-order valence-electron chi connectivity index (χ2n) is 10.2. The predicted octanol–water partition coefficient (Wildman–Crippen LogP) is 8.35. The van der Waals surface area contributed by atoms with Crippen LogP contribution in [0.1, 0.15) is 109 Å². The molecule has 3 nitrogen and oxygen atoms in total. The highest BCUT2D eigenvalue weighted by atomic mass is 16.5. The average Bonchev–Trinajstić information content (AvgIpc) is 2.73. The lowest BCUT2D eigenvalue weighted by molar-refractivity contribution is 0.112. The Hall–Kier alpha value is -1.51. The van der Waals surface area contributed by atoms with Crippen molar-refractivity contribution >= 4 is 6.29 Å². The lowest BCUT2D eigenvalue weighted by Gasteiger charge is -2.16. The number of hydrogen-bond donors (Lipinski definition) is 0. The molecule has 0 heterocycles. The highest BCUT2D eigenvalue weighted by Crippen LogP contribution is 2.25. The SMILES string of the molecule is COc1cc(OCCC(C)CCCC(C)CCCC(C)CCCC(C)C)ccc1C=O. The Bertz CT molecular complexity index is 596. The summed E-state index contributed by atoms with van der Waals surface area (Å²) in [5.74, 6) is 4.58. The van der Waals surface area contributed by atoms with Gasteiger partial charge in [-0.3, -0.25) is 4.79 Å². The van der Waals surface area contributed by atoms with E-state index in [9.17, 15) is 4.79 Å². The van der Waals surface area contributed by atoms with Crippen molar-refractivity contribution in [1.29, 1.82) is 0 Å². The first-order valence-corrected chi connectivity index (χ1v) is 12.6. The van der Waals surface area contributed by atoms with Crippen LogP contribution in [-0.4, -0.2) is 20.0 Å². The first-order valence-electron chi connectivity index (χ1n) is 12.6. The van der Waals surface area contributed by atoms with Crippen molar-refractivity contribution in [2.45, 2.75) is 98.8 Å². The predicted molar refractivity (Wildman–Crippen MR) is 132 cm³/mol. The fourth-order valence-electron chi connectivity index (χ4n) is 4.19. The van der Waals surface area contributed by atoms with E-state index in [0.29, 0.717) is 23.8 Å². The van der Waals surface area contributed by atoms with Crippen LogP contribution in [0.5, 0.6) is 11.5 Å². The topological polar surface area (TPSA) is 35.5 Å². The summed E-state index contributed by atoms with van der Waals surface area (Å²) in [6, 6.07) is 5.38. The fourth-order valence-corrected chi connectivity index (χ4v) is 4.19. The van der Waals surface area contributed by atoms with E-state index >= 15 is 0 Å². The molecule has 3 atom stereocenters. The molecule has 1 aromatic carbocycles. The van der Waals surface area contributed by atoms with Gasteiger partial charge < -0.3 is 9.47 Å². The van der Waals surface area contributed by atoms with Crippen LogP contribution in [0.15, 0.2) is 18.2 Å². The zero-order chi connectivity index (χ0) is 23.1. The molecule has 0 bridgehead atoms. The van der Waals surface area contributed by atoms with Crippen LogP contribution in [0.4, 0.5) is 0 Å². The Morgan fingerprint density at radius 1 is 0.774 bits per heavy atom. The second kappa shape index (κ2) is 16.2. The van der Waals surface area contributed by atoms with Crippen LogP contribution < -0.4 is 9.47 Å². The lowest BCUT2D eigenvalue weighted by atomic mass is 9.91. The number of carbonyl (C=O) groups is 1. The van der Waals surface area contributed by atoms with Crippen molar-refractivity contribution < 1.29 is 14.3 Å². The van der Waals surface area contributed by atoms with Gasteiger partial charge in [-0.1, -0.05) is 92.4 Å². The molecule has 178 valence electrons. The molecule has 3 heteroatoms. The smallest absolute Gasteiger partial charge is 0.153 e. The molecule has 0 fully saturated rings. The largest absolute Gasteiger partial charge is 0.496 e. The van der Waals surface area contributed by atoms with Crippen LogP contribution in [0.2, 0.25) is 0 Å². The van der Waals surface area contributed by atoms with Crippen LogP contribution in [0.25, 0.3) is 0 Å². The number of ether oxygens (including phenoxy) is 2. The van der Waals surface area contributed by atoms with Gasteiger partial charge >= 0.3 is 0 Å². The number of aldehydes is 1. The molecule has 3 unspecified atom stereocenters. The number of rotatable bonds is 18. The highest BCUT2D eigenvalue weighted by Gasteiger charge is 2.09. The van der Waals surface area contributed by atoms with Crippen molar-refractivity contribution in [1.82, 2.24) is 0 Å². The van der Waals surface area contributed by atoms with Crippen LogP contribution in [0.3, 0.4) is 0 Å². The molecule has 0 aliphatic carbocycles. The average molecular weight is 433 g/mol. The van der Waals surface area contributed by atoms with E-state index in [1.165, 1.54) is 57.8 Å². The van der Waals surface area contributed by atoms with Gasteiger partial charge in [-0.15, -0.1) is 0 Å². The molecule has 0 aliphatic heterocycles. The van der Waals surface area contributed by atoms with E-state index in [1.807, 2.05) is 6.07 Å². The van der Waals surface area contributed by atoms with Gasteiger partial charge in [0, 0.05) is 6.07 Å². The normalized spacial score (nSPS) is 14.3. The molecule has 0 aromatic heterocycles. The van der Waals surface area contributed by atoms with E-state index in [-0.39, 0.29) is 0 Å². The van der Waals surface area contributed by atoms with E-state index in [2.05, 4.69) is 34.6 Å². The van der Waals surface area contributed by atoms with Gasteiger partial charge in [0.05, 0.1) is 19.3 Å². The molecular formula is C28H48O3. The Labute approximate surface area is 192 Å². The highest BCUT2D eigenvalue weighted by molar-refractivity contribution is 5.79. The van der Waals surface area contributed by atoms with Gasteiger partial charge in [0.15, 0.2) is 6.29 Å². The Morgan fingerprint density at radius 2 is 1.29 bits per heavy atom.